The molecule has 186 valence electrons. The number of para-hydroxylation sites is 1. The maximum Gasteiger partial charge on any atom is 0.243 e. The molecule has 3 heterocycles. The summed E-state index contributed by atoms with van der Waals surface area (Å²) < 4.78 is 30.1. The lowest BCUT2D eigenvalue weighted by Crippen LogP contribution is -2.34. The molecule has 0 radical (unpaired) electrons. The monoisotopic (exact) mass is 493 g/mol. The lowest BCUT2D eigenvalue weighted by Gasteiger charge is -2.26. The van der Waals surface area contributed by atoms with E-state index in [9.17, 15) is 13.5 Å². The maximum atomic E-state index is 13.1. The third-order valence-corrected chi connectivity index (χ3v) is 9.32. The summed E-state index contributed by atoms with van der Waals surface area (Å²) in [7, 11) is -3.51. The highest BCUT2D eigenvalue weighted by molar-refractivity contribution is 7.89. The number of rotatable bonds is 7. The van der Waals surface area contributed by atoms with Gasteiger partial charge in [0.1, 0.15) is 0 Å². The molecule has 0 saturated carbocycles. The first-order valence-corrected chi connectivity index (χ1v) is 14.0. The van der Waals surface area contributed by atoms with Gasteiger partial charge in [0.05, 0.1) is 17.5 Å². The van der Waals surface area contributed by atoms with Crippen LogP contribution < -0.4 is 0 Å². The normalized spacial score (nSPS) is 18.8. The highest BCUT2D eigenvalue weighted by Gasteiger charge is 2.28. The number of hydrogen-bond donors (Lipinski definition) is 1. The Morgan fingerprint density at radius 1 is 0.943 bits per heavy atom. The van der Waals surface area contributed by atoms with Crippen LogP contribution in [0.1, 0.15) is 36.1 Å². The molecular formula is C28H35N3O3S. The Hall–Kier alpha value is -2.45. The minimum atomic E-state index is -3.51. The molecule has 0 spiro atoms. The van der Waals surface area contributed by atoms with E-state index in [1.165, 1.54) is 29.4 Å². The molecule has 1 saturated heterocycles. The summed E-state index contributed by atoms with van der Waals surface area (Å²) in [5, 5.41) is 12.0. The van der Waals surface area contributed by atoms with Gasteiger partial charge in [0, 0.05) is 41.8 Å². The highest BCUT2D eigenvalue weighted by Crippen LogP contribution is 2.35. The van der Waals surface area contributed by atoms with Crippen LogP contribution in [0.4, 0.5) is 0 Å². The number of benzene rings is 2. The number of aliphatic hydroxyl groups is 1. The first-order valence-electron chi connectivity index (χ1n) is 12.6. The third kappa shape index (κ3) is 4.83. The first kappa shape index (κ1) is 24.3. The summed E-state index contributed by atoms with van der Waals surface area (Å²) in [6, 6.07) is 15.4. The van der Waals surface area contributed by atoms with Crippen LogP contribution in [0, 0.1) is 13.8 Å². The van der Waals surface area contributed by atoms with Crippen molar-refractivity contribution in [3.8, 4) is 0 Å². The van der Waals surface area contributed by atoms with Gasteiger partial charge in [0.25, 0.3) is 0 Å². The van der Waals surface area contributed by atoms with Gasteiger partial charge < -0.3 is 14.6 Å². The lowest BCUT2D eigenvalue weighted by molar-refractivity contribution is 0.110. The van der Waals surface area contributed by atoms with E-state index in [0.29, 0.717) is 37.5 Å². The molecule has 1 N–H and O–H groups in total. The molecule has 35 heavy (non-hydrogen) atoms. The van der Waals surface area contributed by atoms with E-state index in [1.807, 2.05) is 31.2 Å². The van der Waals surface area contributed by atoms with Crippen LogP contribution in [-0.4, -0.2) is 66.1 Å². The van der Waals surface area contributed by atoms with Gasteiger partial charge in [-0.05, 0) is 70.0 Å². The second-order valence-electron chi connectivity index (χ2n) is 9.91. The molecule has 2 aliphatic heterocycles. The topological polar surface area (TPSA) is 65.8 Å². The molecule has 0 aliphatic carbocycles. The second kappa shape index (κ2) is 9.90. The fraction of sp³-hybridized carbons (Fsp3) is 0.429. The van der Waals surface area contributed by atoms with Gasteiger partial charge in [-0.3, -0.25) is 0 Å². The second-order valence-corrected chi connectivity index (χ2v) is 11.8. The van der Waals surface area contributed by atoms with Crippen LogP contribution in [0.2, 0.25) is 0 Å². The average molecular weight is 494 g/mol. The van der Waals surface area contributed by atoms with E-state index in [2.05, 4.69) is 34.6 Å². The van der Waals surface area contributed by atoms with Crippen LogP contribution in [-0.2, 0) is 16.6 Å². The number of nitrogens with zero attached hydrogens (tertiary/aromatic N) is 3. The van der Waals surface area contributed by atoms with Crippen LogP contribution in [0.15, 0.2) is 59.5 Å². The zero-order chi connectivity index (χ0) is 24.6. The average Bonchev–Trinajstić information content (AvgIpc) is 3.46. The minimum Gasteiger partial charge on any atom is -0.390 e. The van der Waals surface area contributed by atoms with E-state index >= 15 is 0 Å². The number of fused-ring (bicyclic) bond motifs is 1. The predicted octanol–water partition coefficient (Wildman–Crippen LogP) is 4.19. The van der Waals surface area contributed by atoms with Crippen molar-refractivity contribution in [2.45, 2.75) is 50.7 Å². The predicted molar refractivity (Wildman–Crippen MR) is 141 cm³/mol. The first-order chi connectivity index (χ1) is 16.8. The van der Waals surface area contributed by atoms with Gasteiger partial charge >= 0.3 is 0 Å². The van der Waals surface area contributed by atoms with Crippen molar-refractivity contribution in [1.29, 1.82) is 0 Å². The van der Waals surface area contributed by atoms with Crippen molar-refractivity contribution in [3.63, 3.8) is 0 Å². The number of likely N-dealkylation sites (tertiary alicyclic amines) is 1. The fourth-order valence-corrected chi connectivity index (χ4v) is 6.94. The van der Waals surface area contributed by atoms with Crippen molar-refractivity contribution < 1.29 is 13.5 Å². The molecule has 6 nitrogen and oxygen atoms in total. The van der Waals surface area contributed by atoms with E-state index in [1.54, 1.807) is 16.4 Å². The van der Waals surface area contributed by atoms with Crippen LogP contribution in [0.25, 0.3) is 16.5 Å². The Balaban J connectivity index is 1.40. The number of aryl methyl sites for hydroxylation is 1. The molecule has 2 aromatic carbocycles. The quantitative estimate of drug-likeness (QED) is 0.536. The summed E-state index contributed by atoms with van der Waals surface area (Å²) in [6.45, 7) is 8.30. The number of aliphatic hydroxyl groups excluding tert-OH is 1. The standard InChI is InChI=1S/C28H35N3O3S/c1-21-9-11-25(12-10-21)35(33,34)30-17-13-23(14-18-30)28-22(2)31(27-8-4-3-7-26(27)28)20-24(32)19-29-15-5-6-16-29/h3-4,7-13,24,32H,5-6,14-20H2,1-2H3. The Morgan fingerprint density at radius 2 is 1.66 bits per heavy atom. The Morgan fingerprint density at radius 3 is 2.34 bits per heavy atom. The highest BCUT2D eigenvalue weighted by atomic mass is 32.2. The summed E-state index contributed by atoms with van der Waals surface area (Å²) in [6.07, 6.45) is 4.73. The van der Waals surface area contributed by atoms with E-state index in [-0.39, 0.29) is 0 Å². The summed E-state index contributed by atoms with van der Waals surface area (Å²) >= 11 is 0. The van der Waals surface area contributed by atoms with Crippen molar-refractivity contribution >= 4 is 26.5 Å². The van der Waals surface area contributed by atoms with E-state index in [0.717, 1.165) is 29.9 Å². The molecule has 2 aliphatic rings. The Labute approximate surface area is 208 Å². The van der Waals surface area contributed by atoms with E-state index < -0.39 is 16.1 Å². The zero-order valence-corrected chi connectivity index (χ0v) is 21.5. The Bertz CT molecular complexity index is 1340. The summed E-state index contributed by atoms with van der Waals surface area (Å²) in [5.41, 5.74) is 5.66. The zero-order valence-electron chi connectivity index (χ0n) is 20.7. The molecule has 0 bridgehead atoms. The van der Waals surface area contributed by atoms with Gasteiger partial charge in [0.2, 0.25) is 10.0 Å². The van der Waals surface area contributed by atoms with E-state index in [4.69, 9.17) is 0 Å². The van der Waals surface area contributed by atoms with Crippen LogP contribution in [0.5, 0.6) is 0 Å². The summed E-state index contributed by atoms with van der Waals surface area (Å²) in [5.74, 6) is 0. The summed E-state index contributed by atoms with van der Waals surface area (Å²) in [4.78, 5) is 2.69. The molecule has 3 aromatic rings. The lowest BCUT2D eigenvalue weighted by atomic mass is 9.97. The van der Waals surface area contributed by atoms with Gasteiger partial charge in [-0.25, -0.2) is 8.42 Å². The van der Waals surface area contributed by atoms with Crippen LogP contribution >= 0.6 is 0 Å². The van der Waals surface area contributed by atoms with Crippen molar-refractivity contribution in [2.24, 2.45) is 0 Å². The number of sulfonamides is 1. The van der Waals surface area contributed by atoms with Gasteiger partial charge in [0.15, 0.2) is 0 Å². The molecule has 0 amide bonds. The largest absolute Gasteiger partial charge is 0.390 e. The number of hydrogen-bond acceptors (Lipinski definition) is 4. The smallest absolute Gasteiger partial charge is 0.243 e. The molecule has 1 atom stereocenters. The number of β-amino-alcohol motifs (C(OH)–C–C–N with tert-alkyl or cyclic N) is 1. The van der Waals surface area contributed by atoms with Gasteiger partial charge in [-0.1, -0.05) is 42.0 Å². The molecule has 1 unspecified atom stereocenters. The van der Waals surface area contributed by atoms with Crippen molar-refractivity contribution in [3.05, 3.63) is 71.4 Å². The Kier molecular flexibility index (Phi) is 6.86. The minimum absolute atomic E-state index is 0.347. The van der Waals surface area contributed by atoms with Gasteiger partial charge in [-0.2, -0.15) is 4.31 Å². The molecular weight excluding hydrogens is 458 g/mol. The molecule has 7 heteroatoms. The molecule has 1 aromatic heterocycles. The van der Waals surface area contributed by atoms with Crippen molar-refractivity contribution in [2.75, 3.05) is 32.7 Å². The fourth-order valence-electron chi connectivity index (χ4n) is 5.56. The molecule has 1 fully saturated rings. The molecule has 5 rings (SSSR count). The van der Waals surface area contributed by atoms with Crippen molar-refractivity contribution in [1.82, 2.24) is 13.8 Å². The third-order valence-electron chi connectivity index (χ3n) is 7.44. The SMILES string of the molecule is Cc1ccc(S(=O)(=O)N2CC=C(c3c(C)n(CC(O)CN4CCCC4)c4ccccc34)CC2)cc1. The number of aromatic nitrogens is 1. The van der Waals surface area contributed by atoms with Gasteiger partial charge in [-0.15, -0.1) is 0 Å². The van der Waals surface area contributed by atoms with Crippen LogP contribution in [0.3, 0.4) is 0 Å². The maximum absolute atomic E-state index is 13.1.